The van der Waals surface area contributed by atoms with Gasteiger partial charge in [-0.1, -0.05) is 30.3 Å². The SMILES string of the molecule is CCOC(=O)c1ccccc1NC(=O)Cn1c(=O)n(-c2ccccc2)c(=O)c2c3c(sc21)CN(C(C)=O)CC3. The Morgan fingerprint density at radius 1 is 1.03 bits per heavy atom. The first-order chi connectivity index (χ1) is 18.8. The van der Waals surface area contributed by atoms with E-state index in [1.54, 1.807) is 66.4 Å². The number of thiophene rings is 1. The molecule has 1 aliphatic heterocycles. The molecule has 2 aromatic carbocycles. The molecule has 11 heteroatoms. The summed E-state index contributed by atoms with van der Waals surface area (Å²) >= 11 is 1.24. The Bertz CT molecular complexity index is 1720. The van der Waals surface area contributed by atoms with E-state index in [1.807, 2.05) is 0 Å². The normalized spacial score (nSPS) is 12.7. The minimum absolute atomic E-state index is 0.0724. The predicted octanol–water partition coefficient (Wildman–Crippen LogP) is 2.93. The molecular weight excluding hydrogens is 520 g/mol. The number of nitrogens with one attached hydrogen (secondary N) is 1. The van der Waals surface area contributed by atoms with Gasteiger partial charge in [0.05, 0.1) is 35.5 Å². The van der Waals surface area contributed by atoms with Crippen LogP contribution in [-0.2, 0) is 33.8 Å². The first-order valence-corrected chi connectivity index (χ1v) is 13.3. The number of fused-ring (bicyclic) bond motifs is 3. The lowest BCUT2D eigenvalue weighted by atomic mass is 10.1. The highest BCUT2D eigenvalue weighted by atomic mass is 32.1. The second kappa shape index (κ2) is 10.7. The number of amides is 2. The Morgan fingerprint density at radius 3 is 2.46 bits per heavy atom. The number of nitrogens with zero attached hydrogens (tertiary/aromatic N) is 3. The zero-order chi connectivity index (χ0) is 27.7. The fourth-order valence-electron chi connectivity index (χ4n) is 4.73. The molecule has 0 spiro atoms. The van der Waals surface area contributed by atoms with Crippen LogP contribution in [0.4, 0.5) is 5.69 Å². The molecule has 3 heterocycles. The van der Waals surface area contributed by atoms with Crippen molar-refractivity contribution in [2.24, 2.45) is 0 Å². The molecule has 10 nitrogen and oxygen atoms in total. The summed E-state index contributed by atoms with van der Waals surface area (Å²) in [6.45, 7) is 3.77. The van der Waals surface area contributed by atoms with E-state index in [0.29, 0.717) is 35.4 Å². The van der Waals surface area contributed by atoms with Crippen LogP contribution < -0.4 is 16.6 Å². The predicted molar refractivity (Wildman–Crippen MR) is 148 cm³/mol. The van der Waals surface area contributed by atoms with E-state index in [2.05, 4.69) is 5.32 Å². The molecule has 39 heavy (non-hydrogen) atoms. The highest BCUT2D eigenvalue weighted by molar-refractivity contribution is 7.18. The second-order valence-corrected chi connectivity index (χ2v) is 10.1. The van der Waals surface area contributed by atoms with Crippen LogP contribution in [0.1, 0.15) is 34.6 Å². The van der Waals surface area contributed by atoms with Crippen molar-refractivity contribution in [3.05, 3.63) is 91.4 Å². The molecule has 0 aliphatic carbocycles. The Kier molecular flexibility index (Phi) is 7.16. The van der Waals surface area contributed by atoms with Gasteiger partial charge in [0.25, 0.3) is 5.56 Å². The van der Waals surface area contributed by atoms with E-state index in [9.17, 15) is 24.0 Å². The molecule has 0 saturated carbocycles. The molecule has 0 fully saturated rings. The molecule has 0 unspecified atom stereocenters. The minimum atomic E-state index is -0.658. The first kappa shape index (κ1) is 26.1. The maximum atomic E-state index is 13.8. The number of hydrogen-bond acceptors (Lipinski definition) is 7. The summed E-state index contributed by atoms with van der Waals surface area (Å²) in [7, 11) is 0. The quantitative estimate of drug-likeness (QED) is 0.372. The average Bonchev–Trinajstić information content (AvgIpc) is 3.31. The van der Waals surface area contributed by atoms with Gasteiger partial charge in [0.2, 0.25) is 11.8 Å². The van der Waals surface area contributed by atoms with Crippen LogP contribution >= 0.6 is 11.3 Å². The Balaban J connectivity index is 1.62. The highest BCUT2D eigenvalue weighted by Crippen LogP contribution is 2.33. The van der Waals surface area contributed by atoms with Crippen LogP contribution in [0.2, 0.25) is 0 Å². The average molecular weight is 547 g/mol. The van der Waals surface area contributed by atoms with E-state index in [1.165, 1.54) is 22.8 Å². The number of para-hydroxylation sites is 2. The summed E-state index contributed by atoms with van der Waals surface area (Å²) in [5.41, 5.74) is 0.509. The number of benzene rings is 2. The number of carbonyl (C=O) groups excluding carboxylic acids is 3. The Morgan fingerprint density at radius 2 is 1.74 bits per heavy atom. The summed E-state index contributed by atoms with van der Waals surface area (Å²) in [4.78, 5) is 68.0. The van der Waals surface area contributed by atoms with Crippen LogP contribution in [0.3, 0.4) is 0 Å². The fraction of sp³-hybridized carbons (Fsp3) is 0.250. The van der Waals surface area contributed by atoms with Crippen LogP contribution in [0, 0.1) is 0 Å². The van der Waals surface area contributed by atoms with Crippen LogP contribution in [-0.4, -0.2) is 45.0 Å². The minimum Gasteiger partial charge on any atom is -0.462 e. The smallest absolute Gasteiger partial charge is 0.340 e. The third-order valence-electron chi connectivity index (χ3n) is 6.58. The third-order valence-corrected chi connectivity index (χ3v) is 7.82. The van der Waals surface area contributed by atoms with E-state index < -0.39 is 29.7 Å². The monoisotopic (exact) mass is 546 g/mol. The summed E-state index contributed by atoms with van der Waals surface area (Å²) in [5.74, 6) is -1.20. The zero-order valence-corrected chi connectivity index (χ0v) is 22.2. The summed E-state index contributed by atoms with van der Waals surface area (Å²) in [5, 5.41) is 3.09. The van der Waals surface area contributed by atoms with Gasteiger partial charge in [-0.25, -0.2) is 14.2 Å². The zero-order valence-electron chi connectivity index (χ0n) is 21.4. The van der Waals surface area contributed by atoms with Gasteiger partial charge in [-0.05, 0) is 43.2 Å². The van der Waals surface area contributed by atoms with Gasteiger partial charge < -0.3 is 15.0 Å². The molecule has 0 atom stereocenters. The van der Waals surface area contributed by atoms with Gasteiger partial charge in [0.15, 0.2) is 0 Å². The van der Waals surface area contributed by atoms with Crippen molar-refractivity contribution in [2.75, 3.05) is 18.5 Å². The molecule has 200 valence electrons. The molecule has 2 amide bonds. The Labute approximate surface area is 227 Å². The highest BCUT2D eigenvalue weighted by Gasteiger charge is 2.28. The van der Waals surface area contributed by atoms with Crippen molar-refractivity contribution in [1.29, 1.82) is 0 Å². The van der Waals surface area contributed by atoms with Gasteiger partial charge in [-0.2, -0.15) is 0 Å². The van der Waals surface area contributed by atoms with Gasteiger partial charge in [-0.3, -0.25) is 19.0 Å². The number of anilines is 1. The molecule has 0 saturated heterocycles. The number of esters is 1. The Hall–Kier alpha value is -4.51. The lowest BCUT2D eigenvalue weighted by Crippen LogP contribution is -2.41. The topological polar surface area (TPSA) is 120 Å². The van der Waals surface area contributed by atoms with E-state index in [4.69, 9.17) is 4.74 Å². The second-order valence-electron chi connectivity index (χ2n) is 9.03. The molecule has 1 aliphatic rings. The molecular formula is C28H26N4O6S. The lowest BCUT2D eigenvalue weighted by molar-refractivity contribution is -0.129. The van der Waals surface area contributed by atoms with E-state index in [-0.39, 0.29) is 23.8 Å². The van der Waals surface area contributed by atoms with Gasteiger partial charge in [-0.15, -0.1) is 11.3 Å². The van der Waals surface area contributed by atoms with Crippen molar-refractivity contribution in [3.8, 4) is 5.69 Å². The number of hydrogen-bond donors (Lipinski definition) is 1. The van der Waals surface area contributed by atoms with Crippen molar-refractivity contribution in [2.45, 2.75) is 33.4 Å². The maximum absolute atomic E-state index is 13.8. The molecule has 4 aromatic rings. The maximum Gasteiger partial charge on any atom is 0.340 e. The van der Waals surface area contributed by atoms with Gasteiger partial charge >= 0.3 is 11.7 Å². The lowest BCUT2D eigenvalue weighted by Gasteiger charge is -2.25. The molecule has 0 bridgehead atoms. The van der Waals surface area contributed by atoms with E-state index >= 15 is 0 Å². The van der Waals surface area contributed by atoms with Crippen molar-refractivity contribution >= 4 is 45.0 Å². The number of rotatable bonds is 6. The summed E-state index contributed by atoms with van der Waals surface area (Å²) in [6.07, 6.45) is 0.469. The molecule has 1 N–H and O–H groups in total. The first-order valence-electron chi connectivity index (χ1n) is 12.5. The number of carbonyl (C=O) groups is 3. The summed E-state index contributed by atoms with van der Waals surface area (Å²) < 4.78 is 7.45. The molecule has 0 radical (unpaired) electrons. The fourth-order valence-corrected chi connectivity index (χ4v) is 6.08. The largest absolute Gasteiger partial charge is 0.462 e. The molecule has 5 rings (SSSR count). The number of ether oxygens (including phenoxy) is 1. The van der Waals surface area contributed by atoms with Crippen LogP contribution in [0.25, 0.3) is 15.9 Å². The molecule has 2 aromatic heterocycles. The van der Waals surface area contributed by atoms with Crippen molar-refractivity contribution in [3.63, 3.8) is 0 Å². The standard InChI is InChI=1S/C28H26N4O6S/c1-3-38-27(36)19-11-7-8-12-21(19)29-23(34)16-31-26-24(20-13-14-30(17(2)33)15-22(20)39-26)25(35)32(28(31)37)18-9-5-4-6-10-18/h4-12H,3,13-16H2,1-2H3,(H,29,34). The van der Waals surface area contributed by atoms with E-state index in [0.717, 1.165) is 15.0 Å². The van der Waals surface area contributed by atoms with Crippen molar-refractivity contribution in [1.82, 2.24) is 14.0 Å². The van der Waals surface area contributed by atoms with Crippen LogP contribution in [0.15, 0.2) is 64.2 Å². The van der Waals surface area contributed by atoms with Gasteiger partial charge in [0, 0.05) is 18.3 Å². The third kappa shape index (κ3) is 4.88. The van der Waals surface area contributed by atoms with Crippen LogP contribution in [0.5, 0.6) is 0 Å². The van der Waals surface area contributed by atoms with Gasteiger partial charge in [0.1, 0.15) is 11.4 Å². The number of aromatic nitrogens is 2. The summed E-state index contributed by atoms with van der Waals surface area (Å²) in [6, 6.07) is 15.0. The van der Waals surface area contributed by atoms with Crippen molar-refractivity contribution < 1.29 is 19.1 Å².